The summed E-state index contributed by atoms with van der Waals surface area (Å²) in [6.07, 6.45) is 3.87. The summed E-state index contributed by atoms with van der Waals surface area (Å²) < 4.78 is 0. The summed E-state index contributed by atoms with van der Waals surface area (Å²) in [7, 11) is 1.83. The molecule has 0 bridgehead atoms. The fraction of sp³-hybridized carbons (Fsp3) is 0.900. The standard InChI is InChI=1S/C10H19NO2/c1-3-4-7-11(2)9(13)10(8-12)5-6-10/h12H,3-8H2,1-2H3. The van der Waals surface area contributed by atoms with E-state index in [1.165, 1.54) is 0 Å². The number of rotatable bonds is 5. The van der Waals surface area contributed by atoms with Crippen LogP contribution in [0.15, 0.2) is 0 Å². The molecule has 1 fully saturated rings. The number of hydrogen-bond acceptors (Lipinski definition) is 2. The minimum Gasteiger partial charge on any atom is -0.395 e. The molecular formula is C10H19NO2. The van der Waals surface area contributed by atoms with Gasteiger partial charge in [0.1, 0.15) is 0 Å². The van der Waals surface area contributed by atoms with Crippen molar-refractivity contribution in [1.82, 2.24) is 4.90 Å². The summed E-state index contributed by atoms with van der Waals surface area (Å²) in [6, 6.07) is 0. The van der Waals surface area contributed by atoms with Gasteiger partial charge in [0.05, 0.1) is 12.0 Å². The van der Waals surface area contributed by atoms with E-state index in [2.05, 4.69) is 6.92 Å². The second-order valence-corrected chi connectivity index (χ2v) is 4.02. The van der Waals surface area contributed by atoms with Gasteiger partial charge in [-0.15, -0.1) is 0 Å². The van der Waals surface area contributed by atoms with Gasteiger partial charge in [-0.05, 0) is 19.3 Å². The smallest absolute Gasteiger partial charge is 0.230 e. The average Bonchev–Trinajstić information content (AvgIpc) is 2.93. The molecule has 0 aromatic carbocycles. The van der Waals surface area contributed by atoms with Crippen LogP contribution in [0.2, 0.25) is 0 Å². The van der Waals surface area contributed by atoms with E-state index in [0.29, 0.717) is 0 Å². The molecule has 1 amide bonds. The number of carbonyl (C=O) groups is 1. The number of amides is 1. The molecular weight excluding hydrogens is 166 g/mol. The molecule has 0 aliphatic heterocycles. The molecule has 0 heterocycles. The Bertz CT molecular complexity index is 187. The molecule has 3 heteroatoms. The van der Waals surface area contributed by atoms with Crippen molar-refractivity contribution in [2.24, 2.45) is 5.41 Å². The number of nitrogens with zero attached hydrogens (tertiary/aromatic N) is 1. The molecule has 76 valence electrons. The summed E-state index contributed by atoms with van der Waals surface area (Å²) in [6.45, 7) is 2.94. The van der Waals surface area contributed by atoms with E-state index in [-0.39, 0.29) is 17.9 Å². The highest BCUT2D eigenvalue weighted by Gasteiger charge is 2.50. The van der Waals surface area contributed by atoms with E-state index in [0.717, 1.165) is 32.2 Å². The number of aliphatic hydroxyl groups excluding tert-OH is 1. The maximum Gasteiger partial charge on any atom is 0.230 e. The minimum atomic E-state index is -0.386. The number of hydrogen-bond donors (Lipinski definition) is 1. The van der Waals surface area contributed by atoms with Gasteiger partial charge in [-0.1, -0.05) is 13.3 Å². The molecule has 0 unspecified atom stereocenters. The van der Waals surface area contributed by atoms with Gasteiger partial charge in [0.25, 0.3) is 0 Å². The third-order valence-electron chi connectivity index (χ3n) is 2.80. The highest BCUT2D eigenvalue weighted by atomic mass is 16.3. The molecule has 0 spiro atoms. The van der Waals surface area contributed by atoms with E-state index >= 15 is 0 Å². The predicted octanol–water partition coefficient (Wildman–Crippen LogP) is 1.02. The fourth-order valence-electron chi connectivity index (χ4n) is 1.49. The van der Waals surface area contributed by atoms with Crippen molar-refractivity contribution < 1.29 is 9.90 Å². The van der Waals surface area contributed by atoms with Gasteiger partial charge in [0.15, 0.2) is 0 Å². The molecule has 0 atom stereocenters. The summed E-state index contributed by atoms with van der Waals surface area (Å²) >= 11 is 0. The SMILES string of the molecule is CCCCN(C)C(=O)C1(CO)CC1. The molecule has 0 saturated heterocycles. The first kappa shape index (κ1) is 10.5. The average molecular weight is 185 g/mol. The van der Waals surface area contributed by atoms with Crippen LogP contribution in [0.1, 0.15) is 32.6 Å². The van der Waals surface area contributed by atoms with E-state index in [4.69, 9.17) is 5.11 Å². The minimum absolute atomic E-state index is 0.0162. The van der Waals surface area contributed by atoms with Crippen molar-refractivity contribution in [2.45, 2.75) is 32.6 Å². The second kappa shape index (κ2) is 4.09. The van der Waals surface area contributed by atoms with Gasteiger partial charge in [0.2, 0.25) is 5.91 Å². The lowest BCUT2D eigenvalue weighted by molar-refractivity contribution is -0.137. The maximum absolute atomic E-state index is 11.7. The summed E-state index contributed by atoms with van der Waals surface area (Å²) in [5.41, 5.74) is -0.386. The van der Waals surface area contributed by atoms with Gasteiger partial charge in [-0.2, -0.15) is 0 Å². The van der Waals surface area contributed by atoms with Crippen LogP contribution >= 0.6 is 0 Å². The van der Waals surface area contributed by atoms with Gasteiger partial charge in [0, 0.05) is 13.6 Å². The lowest BCUT2D eigenvalue weighted by atomic mass is 10.1. The van der Waals surface area contributed by atoms with Crippen LogP contribution in [0.4, 0.5) is 0 Å². The van der Waals surface area contributed by atoms with Crippen LogP contribution in [-0.4, -0.2) is 36.1 Å². The topological polar surface area (TPSA) is 40.5 Å². The van der Waals surface area contributed by atoms with Crippen molar-refractivity contribution in [3.05, 3.63) is 0 Å². The summed E-state index contributed by atoms with van der Waals surface area (Å²) in [5, 5.41) is 9.05. The molecule has 1 rings (SSSR count). The van der Waals surface area contributed by atoms with Gasteiger partial charge in [-0.3, -0.25) is 4.79 Å². The summed E-state index contributed by atoms with van der Waals surface area (Å²) in [5.74, 6) is 0.128. The molecule has 1 aliphatic carbocycles. The third-order valence-corrected chi connectivity index (χ3v) is 2.80. The van der Waals surface area contributed by atoms with Crippen LogP contribution < -0.4 is 0 Å². The Kier molecular flexibility index (Phi) is 3.31. The zero-order valence-corrected chi connectivity index (χ0v) is 8.55. The Morgan fingerprint density at radius 2 is 2.15 bits per heavy atom. The van der Waals surface area contributed by atoms with Crippen LogP contribution in [0.25, 0.3) is 0 Å². The zero-order chi connectivity index (χ0) is 9.90. The van der Waals surface area contributed by atoms with Gasteiger partial charge in [-0.25, -0.2) is 0 Å². The van der Waals surface area contributed by atoms with E-state index in [9.17, 15) is 4.79 Å². The second-order valence-electron chi connectivity index (χ2n) is 4.02. The quantitative estimate of drug-likeness (QED) is 0.694. The van der Waals surface area contributed by atoms with Crippen LogP contribution in [0, 0.1) is 5.41 Å². The highest BCUT2D eigenvalue weighted by Crippen LogP contribution is 2.46. The van der Waals surface area contributed by atoms with E-state index in [1.807, 2.05) is 7.05 Å². The Morgan fingerprint density at radius 3 is 2.54 bits per heavy atom. The fourth-order valence-corrected chi connectivity index (χ4v) is 1.49. The largest absolute Gasteiger partial charge is 0.395 e. The molecule has 3 nitrogen and oxygen atoms in total. The molecule has 1 aliphatic rings. The van der Waals surface area contributed by atoms with Crippen LogP contribution in [-0.2, 0) is 4.79 Å². The Morgan fingerprint density at radius 1 is 1.54 bits per heavy atom. The van der Waals surface area contributed by atoms with Crippen LogP contribution in [0.3, 0.4) is 0 Å². The lowest BCUT2D eigenvalue weighted by Gasteiger charge is -2.21. The molecule has 0 aromatic heterocycles. The highest BCUT2D eigenvalue weighted by molar-refractivity contribution is 5.85. The van der Waals surface area contributed by atoms with E-state index < -0.39 is 0 Å². The predicted molar refractivity (Wildman–Crippen MR) is 51.3 cm³/mol. The monoisotopic (exact) mass is 185 g/mol. The molecule has 0 aromatic rings. The maximum atomic E-state index is 11.7. The van der Waals surface area contributed by atoms with Crippen molar-refractivity contribution >= 4 is 5.91 Å². The number of unbranched alkanes of at least 4 members (excludes halogenated alkanes) is 1. The van der Waals surface area contributed by atoms with Crippen molar-refractivity contribution in [3.8, 4) is 0 Å². The third kappa shape index (κ3) is 2.21. The lowest BCUT2D eigenvalue weighted by Crippen LogP contribution is -2.36. The Labute approximate surface area is 79.7 Å². The first-order valence-electron chi connectivity index (χ1n) is 5.03. The molecule has 1 saturated carbocycles. The van der Waals surface area contributed by atoms with Gasteiger partial charge < -0.3 is 10.0 Å². The number of aliphatic hydroxyl groups is 1. The molecule has 13 heavy (non-hydrogen) atoms. The Hall–Kier alpha value is -0.570. The van der Waals surface area contributed by atoms with Gasteiger partial charge >= 0.3 is 0 Å². The molecule has 1 N–H and O–H groups in total. The van der Waals surface area contributed by atoms with Crippen molar-refractivity contribution in [2.75, 3.05) is 20.2 Å². The van der Waals surface area contributed by atoms with Crippen molar-refractivity contribution in [3.63, 3.8) is 0 Å². The normalized spacial score (nSPS) is 18.4. The summed E-state index contributed by atoms with van der Waals surface area (Å²) in [4.78, 5) is 13.5. The number of carbonyl (C=O) groups excluding carboxylic acids is 1. The van der Waals surface area contributed by atoms with E-state index in [1.54, 1.807) is 4.90 Å². The first-order chi connectivity index (χ1) is 6.16. The van der Waals surface area contributed by atoms with Crippen LogP contribution in [0.5, 0.6) is 0 Å². The Balaban J connectivity index is 2.38. The van der Waals surface area contributed by atoms with Crippen molar-refractivity contribution in [1.29, 1.82) is 0 Å². The zero-order valence-electron chi connectivity index (χ0n) is 8.55. The first-order valence-corrected chi connectivity index (χ1v) is 5.03. The molecule has 0 radical (unpaired) electrons.